The Morgan fingerprint density at radius 1 is 0.917 bits per heavy atom. The predicted octanol–water partition coefficient (Wildman–Crippen LogP) is 2.73. The fourth-order valence-electron chi connectivity index (χ4n) is 5.31. The van der Waals surface area contributed by atoms with E-state index in [2.05, 4.69) is 11.0 Å². The topological polar surface area (TPSA) is 79.4 Å². The number of fused-ring (bicyclic) bond motifs is 1. The first-order valence-electron chi connectivity index (χ1n) is 12.9. The summed E-state index contributed by atoms with van der Waals surface area (Å²) >= 11 is 0. The van der Waals surface area contributed by atoms with Gasteiger partial charge in [0.15, 0.2) is 11.5 Å². The molecular weight excluding hydrogens is 478 g/mol. The van der Waals surface area contributed by atoms with Gasteiger partial charge in [0.25, 0.3) is 0 Å². The molecule has 0 aliphatic carbocycles. The molecule has 3 aliphatic heterocycles. The highest BCUT2D eigenvalue weighted by Gasteiger charge is 2.35. The second kappa shape index (κ2) is 11.2. The van der Waals surface area contributed by atoms with Gasteiger partial charge in [-0.2, -0.15) is 0 Å². The summed E-state index contributed by atoms with van der Waals surface area (Å²) < 4.78 is 38.4. The van der Waals surface area contributed by atoms with Crippen molar-refractivity contribution in [3.05, 3.63) is 59.7 Å². The van der Waals surface area contributed by atoms with Crippen LogP contribution in [-0.2, 0) is 27.8 Å². The van der Waals surface area contributed by atoms with E-state index in [1.807, 2.05) is 47.4 Å². The van der Waals surface area contributed by atoms with Crippen molar-refractivity contribution in [1.29, 1.82) is 0 Å². The lowest BCUT2D eigenvalue weighted by Crippen LogP contribution is -2.52. The molecule has 1 amide bonds. The number of carbonyl (C=O) groups excluding carboxylic acids is 1. The fraction of sp³-hybridized carbons (Fsp3) is 0.519. The third-order valence-corrected chi connectivity index (χ3v) is 9.29. The molecule has 1 atom stereocenters. The zero-order valence-corrected chi connectivity index (χ0v) is 21.5. The molecule has 0 unspecified atom stereocenters. The van der Waals surface area contributed by atoms with Crippen LogP contribution in [0, 0.1) is 5.92 Å². The summed E-state index contributed by atoms with van der Waals surface area (Å²) in [7, 11) is -3.36. The lowest BCUT2D eigenvalue weighted by Gasteiger charge is -2.38. The lowest BCUT2D eigenvalue weighted by atomic mass is 9.97. The van der Waals surface area contributed by atoms with Gasteiger partial charge in [0, 0.05) is 45.8 Å². The number of amides is 1. The molecule has 0 saturated carbocycles. The van der Waals surface area contributed by atoms with E-state index in [9.17, 15) is 13.2 Å². The van der Waals surface area contributed by atoms with Crippen molar-refractivity contribution < 1.29 is 22.7 Å². The highest BCUT2D eigenvalue weighted by molar-refractivity contribution is 7.89. The third kappa shape index (κ3) is 6.02. The molecule has 3 heterocycles. The maximum absolute atomic E-state index is 13.3. The number of piperidine rings is 1. The Hall–Kier alpha value is -2.62. The average molecular weight is 514 g/mol. The van der Waals surface area contributed by atoms with Crippen LogP contribution in [0.25, 0.3) is 0 Å². The van der Waals surface area contributed by atoms with Crippen molar-refractivity contribution >= 4 is 15.9 Å². The van der Waals surface area contributed by atoms with Crippen molar-refractivity contribution in [2.75, 3.05) is 51.8 Å². The molecule has 9 heteroatoms. The molecule has 8 nitrogen and oxygen atoms in total. The highest BCUT2D eigenvalue weighted by Crippen LogP contribution is 2.33. The predicted molar refractivity (Wildman–Crippen MR) is 137 cm³/mol. The summed E-state index contributed by atoms with van der Waals surface area (Å²) in [5, 5.41) is 0. The SMILES string of the molecule is O=C([C@H]1CCCN(S(=O)(=O)CCCc2ccccc2)C1)N1CCN(Cc2ccc3c(c2)OCO3)CC1. The third-order valence-electron chi connectivity index (χ3n) is 7.36. The Kier molecular flexibility index (Phi) is 7.79. The number of aryl methyl sites for hydroxylation is 1. The van der Waals surface area contributed by atoms with E-state index >= 15 is 0 Å². The van der Waals surface area contributed by atoms with Crippen LogP contribution in [0.4, 0.5) is 0 Å². The Morgan fingerprint density at radius 2 is 1.69 bits per heavy atom. The molecule has 0 N–H and O–H groups in total. The molecule has 3 aliphatic rings. The molecule has 194 valence electrons. The molecule has 0 spiro atoms. The summed E-state index contributed by atoms with van der Waals surface area (Å²) in [6.45, 7) is 4.84. The van der Waals surface area contributed by atoms with Crippen LogP contribution >= 0.6 is 0 Å². The number of sulfonamides is 1. The first-order chi connectivity index (χ1) is 17.5. The number of benzene rings is 2. The van der Waals surface area contributed by atoms with E-state index in [0.717, 1.165) is 56.0 Å². The second-order valence-corrected chi connectivity index (χ2v) is 12.0. The van der Waals surface area contributed by atoms with Gasteiger partial charge in [-0.15, -0.1) is 0 Å². The zero-order chi connectivity index (χ0) is 25.0. The number of carbonyl (C=O) groups is 1. The van der Waals surface area contributed by atoms with Crippen LogP contribution in [0.15, 0.2) is 48.5 Å². The maximum Gasteiger partial charge on any atom is 0.231 e. The normalized spacial score (nSPS) is 21.0. The average Bonchev–Trinajstić information content (AvgIpc) is 3.37. The minimum Gasteiger partial charge on any atom is -0.454 e. The van der Waals surface area contributed by atoms with Crippen LogP contribution in [-0.4, -0.2) is 80.2 Å². The molecule has 5 rings (SSSR count). The Labute approximate surface area is 213 Å². The van der Waals surface area contributed by atoms with Gasteiger partial charge in [0.2, 0.25) is 22.7 Å². The van der Waals surface area contributed by atoms with E-state index < -0.39 is 10.0 Å². The van der Waals surface area contributed by atoms with Gasteiger partial charge in [0.05, 0.1) is 11.7 Å². The number of ether oxygens (including phenoxy) is 2. The van der Waals surface area contributed by atoms with Crippen molar-refractivity contribution in [2.45, 2.75) is 32.2 Å². The smallest absolute Gasteiger partial charge is 0.231 e. The quantitative estimate of drug-likeness (QED) is 0.540. The zero-order valence-electron chi connectivity index (χ0n) is 20.7. The molecule has 0 bridgehead atoms. The van der Waals surface area contributed by atoms with Crippen LogP contribution in [0.5, 0.6) is 11.5 Å². The number of rotatable bonds is 8. The monoisotopic (exact) mass is 513 g/mol. The molecule has 0 radical (unpaired) electrons. The van der Waals surface area contributed by atoms with Gasteiger partial charge in [-0.3, -0.25) is 9.69 Å². The van der Waals surface area contributed by atoms with Gasteiger partial charge in [-0.05, 0) is 48.9 Å². The Balaban J connectivity index is 1.09. The van der Waals surface area contributed by atoms with E-state index in [1.165, 1.54) is 5.56 Å². The summed E-state index contributed by atoms with van der Waals surface area (Å²) in [6, 6.07) is 16.0. The van der Waals surface area contributed by atoms with E-state index in [4.69, 9.17) is 9.47 Å². The van der Waals surface area contributed by atoms with Gasteiger partial charge in [-0.25, -0.2) is 12.7 Å². The fourth-order valence-corrected chi connectivity index (χ4v) is 6.89. The minimum absolute atomic E-state index is 0.0990. The summed E-state index contributed by atoms with van der Waals surface area (Å²) in [5.41, 5.74) is 2.32. The minimum atomic E-state index is -3.36. The van der Waals surface area contributed by atoms with Gasteiger partial charge in [0.1, 0.15) is 0 Å². The van der Waals surface area contributed by atoms with Crippen LogP contribution in [0.2, 0.25) is 0 Å². The molecule has 2 aromatic rings. The maximum atomic E-state index is 13.3. The first kappa shape index (κ1) is 25.0. The summed E-state index contributed by atoms with van der Waals surface area (Å²) in [5.74, 6) is 1.55. The van der Waals surface area contributed by atoms with Crippen LogP contribution < -0.4 is 9.47 Å². The van der Waals surface area contributed by atoms with Gasteiger partial charge >= 0.3 is 0 Å². The first-order valence-corrected chi connectivity index (χ1v) is 14.5. The number of nitrogens with zero attached hydrogens (tertiary/aromatic N) is 3. The van der Waals surface area contributed by atoms with Gasteiger partial charge < -0.3 is 14.4 Å². The van der Waals surface area contributed by atoms with Crippen molar-refractivity contribution in [1.82, 2.24) is 14.1 Å². The molecule has 2 fully saturated rings. The number of piperazine rings is 1. The van der Waals surface area contributed by atoms with Crippen molar-refractivity contribution in [3.8, 4) is 11.5 Å². The van der Waals surface area contributed by atoms with E-state index in [0.29, 0.717) is 32.6 Å². The summed E-state index contributed by atoms with van der Waals surface area (Å²) in [4.78, 5) is 17.5. The van der Waals surface area contributed by atoms with E-state index in [-0.39, 0.29) is 24.4 Å². The van der Waals surface area contributed by atoms with Crippen LogP contribution in [0.3, 0.4) is 0 Å². The van der Waals surface area contributed by atoms with E-state index in [1.54, 1.807) is 4.31 Å². The number of hydrogen-bond donors (Lipinski definition) is 0. The summed E-state index contributed by atoms with van der Waals surface area (Å²) in [6.07, 6.45) is 2.82. The van der Waals surface area contributed by atoms with Gasteiger partial charge in [-0.1, -0.05) is 36.4 Å². The largest absolute Gasteiger partial charge is 0.454 e. The highest BCUT2D eigenvalue weighted by atomic mass is 32.2. The molecule has 2 saturated heterocycles. The Bertz CT molecular complexity index is 1150. The van der Waals surface area contributed by atoms with Crippen molar-refractivity contribution in [2.24, 2.45) is 5.92 Å². The second-order valence-electron chi connectivity index (χ2n) is 9.89. The number of hydrogen-bond acceptors (Lipinski definition) is 6. The van der Waals surface area contributed by atoms with Crippen LogP contribution in [0.1, 0.15) is 30.4 Å². The molecule has 36 heavy (non-hydrogen) atoms. The van der Waals surface area contributed by atoms with Crippen molar-refractivity contribution in [3.63, 3.8) is 0 Å². The molecule has 2 aromatic carbocycles. The molecule has 0 aromatic heterocycles. The standard InChI is InChI=1S/C27H35N3O5S/c31-27(29-15-13-28(14-16-29)19-23-10-11-25-26(18-23)35-21-34-25)24-9-4-12-30(20-24)36(32,33)17-5-8-22-6-2-1-3-7-22/h1-3,6-7,10-11,18,24H,4-5,8-9,12-17,19-21H2/t24-/m0/s1. The molecular formula is C27H35N3O5S. The Morgan fingerprint density at radius 3 is 2.50 bits per heavy atom. The lowest BCUT2D eigenvalue weighted by molar-refractivity contribution is -0.138.